The molecule has 0 aromatic heterocycles. The highest BCUT2D eigenvalue weighted by atomic mass is 16.6. The number of carbonyl (C=O) groups excluding carboxylic acids is 3. The van der Waals surface area contributed by atoms with Gasteiger partial charge in [-0.2, -0.15) is 0 Å². The minimum atomic E-state index is -0.783. The summed E-state index contributed by atoms with van der Waals surface area (Å²) in [4.78, 5) is 38.0. The van der Waals surface area contributed by atoms with Gasteiger partial charge in [0.1, 0.15) is 13.2 Å². The molecule has 0 aliphatic carbocycles. The third kappa shape index (κ3) is 50.0. The fourth-order valence-electron chi connectivity index (χ4n) is 7.53. The van der Waals surface area contributed by atoms with Crippen molar-refractivity contribution < 1.29 is 28.6 Å². The normalized spacial score (nSPS) is 12.5. The molecule has 1 atom stereocenters. The van der Waals surface area contributed by atoms with E-state index in [4.69, 9.17) is 14.2 Å². The molecule has 0 heterocycles. The van der Waals surface area contributed by atoms with Crippen LogP contribution >= 0.6 is 0 Å². The molecule has 0 aromatic rings. The molecule has 0 rings (SSSR count). The van der Waals surface area contributed by atoms with Gasteiger partial charge in [-0.25, -0.2) is 0 Å². The second-order valence-electron chi connectivity index (χ2n) is 17.8. The number of rotatable bonds is 48. The number of unbranched alkanes of at least 4 members (excludes halogenated alkanes) is 27. The highest BCUT2D eigenvalue weighted by Gasteiger charge is 2.19. The van der Waals surface area contributed by atoms with E-state index >= 15 is 0 Å². The molecule has 0 fully saturated rings. The maximum atomic E-state index is 12.8. The predicted molar refractivity (Wildman–Crippen MR) is 270 cm³/mol. The summed E-state index contributed by atoms with van der Waals surface area (Å²) >= 11 is 0. The first-order valence-electron chi connectivity index (χ1n) is 26.8. The largest absolute Gasteiger partial charge is 0.462 e. The molecule has 0 saturated heterocycles. The quantitative estimate of drug-likeness (QED) is 0.0262. The second-order valence-corrected chi connectivity index (χ2v) is 17.8. The Morgan fingerprint density at radius 2 is 0.619 bits per heavy atom. The number of hydrogen-bond acceptors (Lipinski definition) is 6. The Hall–Kier alpha value is -2.89. The van der Waals surface area contributed by atoms with Gasteiger partial charge in [-0.3, -0.25) is 14.4 Å². The topological polar surface area (TPSA) is 78.9 Å². The highest BCUT2D eigenvalue weighted by molar-refractivity contribution is 5.71. The van der Waals surface area contributed by atoms with Gasteiger partial charge >= 0.3 is 17.9 Å². The Morgan fingerprint density at radius 1 is 0.333 bits per heavy atom. The van der Waals surface area contributed by atoms with Crippen LogP contribution in [0.25, 0.3) is 0 Å². The molecule has 0 spiro atoms. The van der Waals surface area contributed by atoms with Gasteiger partial charge in [0, 0.05) is 19.3 Å². The van der Waals surface area contributed by atoms with E-state index in [9.17, 15) is 14.4 Å². The molecular weight excluding hydrogens is 781 g/mol. The molecule has 6 heteroatoms. The molecule has 0 saturated carbocycles. The summed E-state index contributed by atoms with van der Waals surface area (Å²) in [6.07, 6.45) is 63.5. The first kappa shape index (κ1) is 60.1. The predicted octanol–water partition coefficient (Wildman–Crippen LogP) is 17.6. The molecule has 0 aliphatic rings. The van der Waals surface area contributed by atoms with Crippen LogP contribution in [-0.2, 0) is 28.6 Å². The minimum absolute atomic E-state index is 0.0814. The lowest BCUT2D eigenvalue weighted by Gasteiger charge is -2.18. The SMILES string of the molecule is CC/C=C\C/C=C\C/C=C\C/C=C\C/C=C\CCCCCC(=O)OCC(COC(=O)CCCCCCCCCCCCC)OC(=O)CCCCCCCCCCCCCCCCC. The van der Waals surface area contributed by atoms with E-state index in [-0.39, 0.29) is 31.1 Å². The summed E-state index contributed by atoms with van der Waals surface area (Å²) in [5.41, 5.74) is 0. The summed E-state index contributed by atoms with van der Waals surface area (Å²) in [5, 5.41) is 0. The van der Waals surface area contributed by atoms with Crippen molar-refractivity contribution in [1.29, 1.82) is 0 Å². The maximum absolute atomic E-state index is 12.8. The molecule has 0 N–H and O–H groups in total. The summed E-state index contributed by atoms with van der Waals surface area (Å²) in [6.45, 7) is 6.51. The van der Waals surface area contributed by atoms with Crippen LogP contribution in [0.5, 0.6) is 0 Å². The summed E-state index contributed by atoms with van der Waals surface area (Å²) in [5.74, 6) is -0.906. The Morgan fingerprint density at radius 3 is 0.968 bits per heavy atom. The van der Waals surface area contributed by atoms with E-state index < -0.39 is 6.10 Å². The summed E-state index contributed by atoms with van der Waals surface area (Å²) in [6, 6.07) is 0. The van der Waals surface area contributed by atoms with Crippen LogP contribution in [0.15, 0.2) is 60.8 Å². The lowest BCUT2D eigenvalue weighted by Crippen LogP contribution is -2.30. The Balaban J connectivity index is 4.39. The molecule has 0 aliphatic heterocycles. The minimum Gasteiger partial charge on any atom is -0.462 e. The van der Waals surface area contributed by atoms with Gasteiger partial charge in [-0.15, -0.1) is 0 Å². The van der Waals surface area contributed by atoms with Crippen molar-refractivity contribution in [2.45, 2.75) is 271 Å². The zero-order chi connectivity index (χ0) is 45.8. The molecule has 0 amide bonds. The van der Waals surface area contributed by atoms with Gasteiger partial charge in [-0.05, 0) is 64.2 Å². The number of hydrogen-bond donors (Lipinski definition) is 0. The Labute approximate surface area is 390 Å². The van der Waals surface area contributed by atoms with E-state index in [2.05, 4.69) is 81.5 Å². The maximum Gasteiger partial charge on any atom is 0.306 e. The fourth-order valence-corrected chi connectivity index (χ4v) is 7.53. The number of allylic oxidation sites excluding steroid dienone is 10. The molecule has 0 radical (unpaired) electrons. The van der Waals surface area contributed by atoms with Crippen LogP contribution in [0.1, 0.15) is 265 Å². The molecule has 0 aromatic carbocycles. The first-order chi connectivity index (χ1) is 31.0. The van der Waals surface area contributed by atoms with Gasteiger partial charge in [0.05, 0.1) is 0 Å². The van der Waals surface area contributed by atoms with Gasteiger partial charge < -0.3 is 14.2 Å². The van der Waals surface area contributed by atoms with E-state index in [0.29, 0.717) is 19.3 Å². The van der Waals surface area contributed by atoms with Gasteiger partial charge in [0.2, 0.25) is 0 Å². The molecule has 6 nitrogen and oxygen atoms in total. The summed E-state index contributed by atoms with van der Waals surface area (Å²) < 4.78 is 16.8. The van der Waals surface area contributed by atoms with E-state index in [1.807, 2.05) is 0 Å². The van der Waals surface area contributed by atoms with Crippen LogP contribution in [0, 0.1) is 0 Å². The van der Waals surface area contributed by atoms with E-state index in [1.165, 1.54) is 128 Å². The van der Waals surface area contributed by atoms with E-state index in [0.717, 1.165) is 96.3 Å². The Bertz CT molecular complexity index is 1150. The molecular formula is C57H100O6. The van der Waals surface area contributed by atoms with Crippen molar-refractivity contribution in [1.82, 2.24) is 0 Å². The smallest absolute Gasteiger partial charge is 0.306 e. The van der Waals surface area contributed by atoms with Crippen molar-refractivity contribution in [3.05, 3.63) is 60.8 Å². The molecule has 1 unspecified atom stereocenters. The van der Waals surface area contributed by atoms with Crippen molar-refractivity contribution in [2.75, 3.05) is 13.2 Å². The molecule has 364 valence electrons. The second kappa shape index (κ2) is 51.7. The van der Waals surface area contributed by atoms with E-state index in [1.54, 1.807) is 0 Å². The van der Waals surface area contributed by atoms with Crippen LogP contribution in [0.4, 0.5) is 0 Å². The van der Waals surface area contributed by atoms with Crippen LogP contribution in [0.3, 0.4) is 0 Å². The lowest BCUT2D eigenvalue weighted by atomic mass is 10.0. The first-order valence-corrected chi connectivity index (χ1v) is 26.8. The van der Waals surface area contributed by atoms with Crippen LogP contribution in [0.2, 0.25) is 0 Å². The van der Waals surface area contributed by atoms with Crippen molar-refractivity contribution in [2.24, 2.45) is 0 Å². The molecule has 63 heavy (non-hydrogen) atoms. The number of esters is 3. The van der Waals surface area contributed by atoms with Gasteiger partial charge in [-0.1, -0.05) is 242 Å². The number of carbonyl (C=O) groups is 3. The monoisotopic (exact) mass is 881 g/mol. The van der Waals surface area contributed by atoms with Crippen molar-refractivity contribution >= 4 is 17.9 Å². The zero-order valence-corrected chi connectivity index (χ0v) is 41.6. The molecule has 0 bridgehead atoms. The lowest BCUT2D eigenvalue weighted by molar-refractivity contribution is -0.167. The zero-order valence-electron chi connectivity index (χ0n) is 41.6. The van der Waals surface area contributed by atoms with Crippen molar-refractivity contribution in [3.63, 3.8) is 0 Å². The average Bonchev–Trinajstić information content (AvgIpc) is 3.28. The standard InChI is InChI=1S/C57H100O6/c1-4-7-10-13-16-19-22-24-26-27-28-29-31-32-35-38-41-44-47-50-56(59)62-53-54(52-61-55(58)49-46-43-40-37-34-21-18-15-12-9-6-3)63-57(60)51-48-45-42-39-36-33-30-25-23-20-17-14-11-8-5-2/h7,10,16,19,24,26,28-29,32,35,54H,4-6,8-9,11-15,17-18,20-23,25,27,30-31,33-34,36-53H2,1-3H3/b10-7-,19-16-,26-24-,29-28-,35-32-. The van der Waals surface area contributed by atoms with Gasteiger partial charge in [0.25, 0.3) is 0 Å². The number of ether oxygens (including phenoxy) is 3. The third-order valence-electron chi connectivity index (χ3n) is 11.5. The van der Waals surface area contributed by atoms with Crippen LogP contribution in [-0.4, -0.2) is 37.2 Å². The van der Waals surface area contributed by atoms with Crippen LogP contribution < -0.4 is 0 Å². The average molecular weight is 881 g/mol. The fraction of sp³-hybridized carbons (Fsp3) is 0.772. The van der Waals surface area contributed by atoms with Gasteiger partial charge in [0.15, 0.2) is 6.10 Å². The summed E-state index contributed by atoms with van der Waals surface area (Å²) in [7, 11) is 0. The Kier molecular flexibility index (Phi) is 49.4. The van der Waals surface area contributed by atoms with Crippen molar-refractivity contribution in [3.8, 4) is 0 Å². The third-order valence-corrected chi connectivity index (χ3v) is 11.5. The highest BCUT2D eigenvalue weighted by Crippen LogP contribution is 2.16.